The van der Waals surface area contributed by atoms with Gasteiger partial charge in [0.15, 0.2) is 11.5 Å². The molecule has 80 valence electrons. The van der Waals surface area contributed by atoms with E-state index in [4.69, 9.17) is 9.47 Å². The molecule has 0 aliphatic heterocycles. The van der Waals surface area contributed by atoms with Crippen LogP contribution in [0.5, 0.6) is 11.5 Å². The molecule has 3 nitrogen and oxygen atoms in total. The molecule has 0 radical (unpaired) electrons. The van der Waals surface area contributed by atoms with E-state index in [1.807, 2.05) is 19.1 Å². The monoisotopic (exact) mass is 206 g/mol. The molecule has 0 atom stereocenters. The van der Waals surface area contributed by atoms with Crippen molar-refractivity contribution in [2.75, 3.05) is 13.7 Å². The van der Waals surface area contributed by atoms with Gasteiger partial charge in [-0.1, -0.05) is 12.2 Å². The van der Waals surface area contributed by atoms with E-state index in [1.165, 1.54) is 0 Å². The predicted molar refractivity (Wildman–Crippen MR) is 58.7 cm³/mol. The van der Waals surface area contributed by atoms with Crippen molar-refractivity contribution < 1.29 is 14.3 Å². The summed E-state index contributed by atoms with van der Waals surface area (Å²) in [6.07, 6.45) is 4.58. The Balaban J connectivity index is 2.82. The third-order valence-electron chi connectivity index (χ3n) is 1.89. The number of allylic oxidation sites excluding steroid dienone is 1. The van der Waals surface area contributed by atoms with Crippen molar-refractivity contribution in [3.05, 3.63) is 35.9 Å². The maximum absolute atomic E-state index is 10.5. The van der Waals surface area contributed by atoms with Crippen LogP contribution in [-0.4, -0.2) is 20.0 Å². The van der Waals surface area contributed by atoms with Crippen LogP contribution in [0.1, 0.15) is 17.3 Å². The zero-order valence-electron chi connectivity index (χ0n) is 8.90. The molecule has 0 aliphatic carbocycles. The fourth-order valence-corrected chi connectivity index (χ4v) is 1.11. The van der Waals surface area contributed by atoms with Crippen LogP contribution < -0.4 is 9.47 Å². The molecule has 0 heterocycles. The van der Waals surface area contributed by atoms with Gasteiger partial charge in [-0.2, -0.15) is 0 Å². The molecule has 0 fully saturated rings. The van der Waals surface area contributed by atoms with E-state index in [-0.39, 0.29) is 0 Å². The number of aldehydes is 1. The minimum atomic E-state index is 0.493. The first-order chi connectivity index (χ1) is 7.31. The second-order valence-electron chi connectivity index (χ2n) is 2.91. The van der Waals surface area contributed by atoms with E-state index in [0.29, 0.717) is 23.7 Å². The quantitative estimate of drug-likeness (QED) is 0.548. The number of carbonyl (C=O) groups excluding carboxylic acids is 1. The first-order valence-electron chi connectivity index (χ1n) is 4.69. The van der Waals surface area contributed by atoms with Gasteiger partial charge in [0.2, 0.25) is 0 Å². The molecule has 0 aliphatic rings. The Labute approximate surface area is 89.3 Å². The van der Waals surface area contributed by atoms with Crippen molar-refractivity contribution in [2.24, 2.45) is 0 Å². The lowest BCUT2D eigenvalue weighted by molar-refractivity contribution is 0.112. The van der Waals surface area contributed by atoms with Gasteiger partial charge in [-0.15, -0.1) is 0 Å². The summed E-state index contributed by atoms with van der Waals surface area (Å²) in [4.78, 5) is 10.5. The van der Waals surface area contributed by atoms with Crippen LogP contribution in [0.25, 0.3) is 0 Å². The number of hydrogen-bond acceptors (Lipinski definition) is 3. The number of hydrogen-bond donors (Lipinski definition) is 0. The Morgan fingerprint density at radius 1 is 1.33 bits per heavy atom. The standard InChI is InChI=1S/C12H14O3/c1-3-4-7-15-11-6-5-10(9-13)8-12(11)14-2/h3-6,8-9H,7H2,1-2H3. The fourth-order valence-electron chi connectivity index (χ4n) is 1.11. The summed E-state index contributed by atoms with van der Waals surface area (Å²) in [6.45, 7) is 2.42. The average Bonchev–Trinajstić information content (AvgIpc) is 2.29. The van der Waals surface area contributed by atoms with Gasteiger partial charge in [0, 0.05) is 5.56 Å². The summed E-state index contributed by atoms with van der Waals surface area (Å²) in [7, 11) is 1.55. The SMILES string of the molecule is CC=CCOc1ccc(C=O)cc1OC. The van der Waals surface area contributed by atoms with Crippen LogP contribution >= 0.6 is 0 Å². The zero-order chi connectivity index (χ0) is 11.1. The minimum Gasteiger partial charge on any atom is -0.493 e. The number of methoxy groups -OCH3 is 1. The highest BCUT2D eigenvalue weighted by atomic mass is 16.5. The second-order valence-corrected chi connectivity index (χ2v) is 2.91. The van der Waals surface area contributed by atoms with Crippen LogP contribution in [0.3, 0.4) is 0 Å². The van der Waals surface area contributed by atoms with Gasteiger partial charge in [0.25, 0.3) is 0 Å². The Hall–Kier alpha value is -1.77. The van der Waals surface area contributed by atoms with Gasteiger partial charge < -0.3 is 9.47 Å². The van der Waals surface area contributed by atoms with Crippen LogP contribution in [-0.2, 0) is 0 Å². The molecule has 3 heteroatoms. The highest BCUT2D eigenvalue weighted by molar-refractivity contribution is 5.76. The Morgan fingerprint density at radius 3 is 2.73 bits per heavy atom. The van der Waals surface area contributed by atoms with Gasteiger partial charge in [-0.25, -0.2) is 0 Å². The van der Waals surface area contributed by atoms with Crippen LogP contribution in [0.15, 0.2) is 30.4 Å². The molecule has 1 aromatic rings. The molecule has 15 heavy (non-hydrogen) atoms. The van der Waals surface area contributed by atoms with Gasteiger partial charge in [-0.3, -0.25) is 4.79 Å². The lowest BCUT2D eigenvalue weighted by Crippen LogP contribution is -1.97. The fraction of sp³-hybridized carbons (Fsp3) is 0.250. The summed E-state index contributed by atoms with van der Waals surface area (Å²) in [5.41, 5.74) is 0.574. The van der Waals surface area contributed by atoms with Crippen molar-refractivity contribution in [3.63, 3.8) is 0 Å². The Kier molecular flexibility index (Phi) is 4.41. The molecule has 0 saturated heterocycles. The molecule has 0 unspecified atom stereocenters. The minimum absolute atomic E-state index is 0.493. The highest BCUT2D eigenvalue weighted by Gasteiger charge is 2.04. The van der Waals surface area contributed by atoms with E-state index in [0.717, 1.165) is 6.29 Å². The molecular weight excluding hydrogens is 192 g/mol. The molecule has 0 bridgehead atoms. The number of benzene rings is 1. The normalized spacial score (nSPS) is 10.3. The van der Waals surface area contributed by atoms with Crippen LogP contribution in [0, 0.1) is 0 Å². The lowest BCUT2D eigenvalue weighted by Gasteiger charge is -2.09. The third-order valence-corrected chi connectivity index (χ3v) is 1.89. The zero-order valence-corrected chi connectivity index (χ0v) is 8.90. The largest absolute Gasteiger partial charge is 0.493 e. The molecular formula is C12H14O3. The summed E-state index contributed by atoms with van der Waals surface area (Å²) < 4.78 is 10.6. The van der Waals surface area contributed by atoms with Crippen molar-refractivity contribution in [3.8, 4) is 11.5 Å². The van der Waals surface area contributed by atoms with Gasteiger partial charge in [0.05, 0.1) is 7.11 Å². The molecule has 0 spiro atoms. The third kappa shape index (κ3) is 3.13. The van der Waals surface area contributed by atoms with Crippen molar-refractivity contribution in [1.82, 2.24) is 0 Å². The first kappa shape index (κ1) is 11.3. The Bertz CT molecular complexity index is 356. The van der Waals surface area contributed by atoms with E-state index >= 15 is 0 Å². The van der Waals surface area contributed by atoms with E-state index in [9.17, 15) is 4.79 Å². The summed E-state index contributed by atoms with van der Waals surface area (Å²) in [5, 5.41) is 0. The number of ether oxygens (including phenoxy) is 2. The first-order valence-corrected chi connectivity index (χ1v) is 4.69. The van der Waals surface area contributed by atoms with E-state index in [1.54, 1.807) is 25.3 Å². The maximum atomic E-state index is 10.5. The maximum Gasteiger partial charge on any atom is 0.161 e. The summed E-state index contributed by atoms with van der Waals surface area (Å²) >= 11 is 0. The van der Waals surface area contributed by atoms with E-state index in [2.05, 4.69) is 0 Å². The van der Waals surface area contributed by atoms with Crippen LogP contribution in [0.4, 0.5) is 0 Å². The van der Waals surface area contributed by atoms with E-state index < -0.39 is 0 Å². The van der Waals surface area contributed by atoms with Crippen molar-refractivity contribution >= 4 is 6.29 Å². The topological polar surface area (TPSA) is 35.5 Å². The molecule has 0 aromatic heterocycles. The van der Waals surface area contributed by atoms with Gasteiger partial charge in [0.1, 0.15) is 12.9 Å². The Morgan fingerprint density at radius 2 is 2.13 bits per heavy atom. The highest BCUT2D eigenvalue weighted by Crippen LogP contribution is 2.27. The molecule has 0 N–H and O–H groups in total. The predicted octanol–water partition coefficient (Wildman–Crippen LogP) is 2.46. The molecule has 1 rings (SSSR count). The lowest BCUT2D eigenvalue weighted by atomic mass is 10.2. The summed E-state index contributed by atoms with van der Waals surface area (Å²) in [5.74, 6) is 1.21. The number of rotatable bonds is 5. The average molecular weight is 206 g/mol. The van der Waals surface area contributed by atoms with Gasteiger partial charge >= 0.3 is 0 Å². The van der Waals surface area contributed by atoms with Crippen LogP contribution in [0.2, 0.25) is 0 Å². The summed E-state index contributed by atoms with van der Waals surface area (Å²) in [6, 6.07) is 5.07. The second kappa shape index (κ2) is 5.86. The molecule has 0 amide bonds. The van der Waals surface area contributed by atoms with Gasteiger partial charge in [-0.05, 0) is 25.1 Å². The smallest absolute Gasteiger partial charge is 0.161 e. The number of carbonyl (C=O) groups is 1. The molecule has 1 aromatic carbocycles. The van der Waals surface area contributed by atoms with Crippen molar-refractivity contribution in [1.29, 1.82) is 0 Å². The van der Waals surface area contributed by atoms with Crippen molar-refractivity contribution in [2.45, 2.75) is 6.92 Å². The molecule has 0 saturated carbocycles.